The van der Waals surface area contributed by atoms with Crippen LogP contribution in [0.1, 0.15) is 30.0 Å². The van der Waals surface area contributed by atoms with Crippen LogP contribution in [0.25, 0.3) is 0 Å². The molecular formula is C13H19N3OS. The molecule has 0 aliphatic heterocycles. The van der Waals surface area contributed by atoms with E-state index in [1.165, 1.54) is 4.88 Å². The average Bonchev–Trinajstić information content (AvgIpc) is 3.02. The van der Waals surface area contributed by atoms with Gasteiger partial charge in [0, 0.05) is 24.2 Å². The summed E-state index contributed by atoms with van der Waals surface area (Å²) in [6, 6.07) is 4.08. The molecule has 0 saturated carbocycles. The Morgan fingerprint density at radius 2 is 2.44 bits per heavy atom. The smallest absolute Gasteiger partial charge is 0.0948 e. The van der Waals surface area contributed by atoms with Crippen molar-refractivity contribution in [3.8, 4) is 0 Å². The molecule has 1 atom stereocenters. The first-order valence-electron chi connectivity index (χ1n) is 6.21. The van der Waals surface area contributed by atoms with Crippen molar-refractivity contribution >= 4 is 11.3 Å². The number of aromatic nitrogens is 2. The predicted octanol–water partition coefficient (Wildman–Crippen LogP) is 2.18. The zero-order valence-electron chi connectivity index (χ0n) is 10.5. The van der Waals surface area contributed by atoms with Crippen LogP contribution in [0.5, 0.6) is 0 Å². The van der Waals surface area contributed by atoms with Gasteiger partial charge in [0.25, 0.3) is 0 Å². The van der Waals surface area contributed by atoms with Gasteiger partial charge in [0.05, 0.1) is 24.7 Å². The highest BCUT2D eigenvalue weighted by molar-refractivity contribution is 7.09. The van der Waals surface area contributed by atoms with Crippen LogP contribution < -0.4 is 5.32 Å². The Kier molecular flexibility index (Phi) is 4.92. The number of rotatable bonds is 7. The molecule has 0 saturated heterocycles. The minimum Gasteiger partial charge on any atom is -0.394 e. The van der Waals surface area contributed by atoms with Crippen LogP contribution >= 0.6 is 11.3 Å². The molecule has 0 aliphatic carbocycles. The van der Waals surface area contributed by atoms with Gasteiger partial charge < -0.3 is 15.0 Å². The molecule has 2 aromatic rings. The van der Waals surface area contributed by atoms with E-state index in [-0.39, 0.29) is 12.6 Å². The highest BCUT2D eigenvalue weighted by Gasteiger charge is 2.14. The fraction of sp³-hybridized carbons (Fsp3) is 0.462. The Bertz CT molecular complexity index is 453. The van der Waals surface area contributed by atoms with Gasteiger partial charge in [0.1, 0.15) is 0 Å². The first-order chi connectivity index (χ1) is 8.85. The number of thiophene rings is 1. The second-order valence-electron chi connectivity index (χ2n) is 4.21. The normalized spacial score (nSPS) is 12.8. The summed E-state index contributed by atoms with van der Waals surface area (Å²) >= 11 is 1.72. The first-order valence-corrected chi connectivity index (χ1v) is 7.09. The highest BCUT2D eigenvalue weighted by atomic mass is 32.1. The van der Waals surface area contributed by atoms with Crippen LogP contribution in [0.15, 0.2) is 30.0 Å². The Balaban J connectivity index is 2.01. The van der Waals surface area contributed by atoms with Crippen molar-refractivity contribution in [2.45, 2.75) is 32.5 Å². The topological polar surface area (TPSA) is 50.1 Å². The van der Waals surface area contributed by atoms with E-state index in [0.29, 0.717) is 0 Å². The van der Waals surface area contributed by atoms with Gasteiger partial charge in [-0.05, 0) is 17.9 Å². The maximum Gasteiger partial charge on any atom is 0.0948 e. The monoisotopic (exact) mass is 265 g/mol. The standard InChI is InChI=1S/C13H19N3OS/c1-2-5-16-10-14-8-13(16)12(9-17)15-7-11-4-3-6-18-11/h3-4,6,8,10,12,15,17H,2,5,7,9H2,1H3. The Morgan fingerprint density at radius 3 is 3.11 bits per heavy atom. The molecule has 18 heavy (non-hydrogen) atoms. The summed E-state index contributed by atoms with van der Waals surface area (Å²) in [6.07, 6.45) is 4.72. The van der Waals surface area contributed by atoms with Gasteiger partial charge in [-0.1, -0.05) is 13.0 Å². The van der Waals surface area contributed by atoms with Gasteiger partial charge in [-0.3, -0.25) is 0 Å². The molecule has 0 aromatic carbocycles. The SMILES string of the molecule is CCCn1cncc1C(CO)NCc1cccs1. The maximum absolute atomic E-state index is 9.52. The van der Waals surface area contributed by atoms with E-state index in [2.05, 4.69) is 33.2 Å². The summed E-state index contributed by atoms with van der Waals surface area (Å²) in [7, 11) is 0. The number of nitrogens with zero attached hydrogens (tertiary/aromatic N) is 2. The lowest BCUT2D eigenvalue weighted by atomic mass is 10.2. The van der Waals surface area contributed by atoms with Gasteiger partial charge in [-0.15, -0.1) is 11.3 Å². The molecule has 1 unspecified atom stereocenters. The minimum atomic E-state index is -0.0545. The van der Waals surface area contributed by atoms with E-state index >= 15 is 0 Å². The van der Waals surface area contributed by atoms with Gasteiger partial charge in [-0.25, -0.2) is 4.98 Å². The minimum absolute atomic E-state index is 0.0545. The van der Waals surface area contributed by atoms with Crippen LogP contribution in [-0.4, -0.2) is 21.3 Å². The van der Waals surface area contributed by atoms with Crippen LogP contribution in [-0.2, 0) is 13.1 Å². The van der Waals surface area contributed by atoms with Crippen molar-refractivity contribution in [3.63, 3.8) is 0 Å². The van der Waals surface area contributed by atoms with Crippen molar-refractivity contribution in [2.24, 2.45) is 0 Å². The number of aryl methyl sites for hydroxylation is 1. The van der Waals surface area contributed by atoms with E-state index in [4.69, 9.17) is 0 Å². The van der Waals surface area contributed by atoms with Gasteiger partial charge >= 0.3 is 0 Å². The van der Waals surface area contributed by atoms with Gasteiger partial charge in [0.15, 0.2) is 0 Å². The summed E-state index contributed by atoms with van der Waals surface area (Å²) in [5, 5.41) is 15.0. The number of aliphatic hydroxyl groups is 1. The number of hydrogen-bond donors (Lipinski definition) is 2. The number of imidazole rings is 1. The van der Waals surface area contributed by atoms with Crippen molar-refractivity contribution < 1.29 is 5.11 Å². The van der Waals surface area contributed by atoms with Crippen molar-refractivity contribution in [2.75, 3.05) is 6.61 Å². The van der Waals surface area contributed by atoms with Crippen LogP contribution in [0, 0.1) is 0 Å². The lowest BCUT2D eigenvalue weighted by Crippen LogP contribution is -2.26. The van der Waals surface area contributed by atoms with E-state index in [1.54, 1.807) is 11.3 Å². The quantitative estimate of drug-likeness (QED) is 0.806. The average molecular weight is 265 g/mol. The molecule has 5 heteroatoms. The fourth-order valence-electron chi connectivity index (χ4n) is 1.95. The number of aliphatic hydroxyl groups excluding tert-OH is 1. The van der Waals surface area contributed by atoms with Crippen LogP contribution in [0.2, 0.25) is 0 Å². The summed E-state index contributed by atoms with van der Waals surface area (Å²) in [5.74, 6) is 0. The molecule has 2 N–H and O–H groups in total. The molecule has 2 rings (SSSR count). The fourth-order valence-corrected chi connectivity index (χ4v) is 2.60. The predicted molar refractivity (Wildman–Crippen MR) is 73.5 cm³/mol. The Morgan fingerprint density at radius 1 is 1.56 bits per heavy atom. The van der Waals surface area contributed by atoms with Crippen LogP contribution in [0.4, 0.5) is 0 Å². The zero-order valence-corrected chi connectivity index (χ0v) is 11.4. The molecule has 0 fully saturated rings. The summed E-state index contributed by atoms with van der Waals surface area (Å²) in [5.41, 5.74) is 1.05. The Hall–Kier alpha value is -1.17. The molecule has 0 radical (unpaired) electrons. The van der Waals surface area contributed by atoms with Crippen molar-refractivity contribution in [1.29, 1.82) is 0 Å². The van der Waals surface area contributed by atoms with Gasteiger partial charge in [-0.2, -0.15) is 0 Å². The summed E-state index contributed by atoms with van der Waals surface area (Å²) < 4.78 is 2.10. The molecule has 2 heterocycles. The second-order valence-corrected chi connectivity index (χ2v) is 5.24. The van der Waals surface area contributed by atoms with Crippen LogP contribution in [0.3, 0.4) is 0 Å². The number of nitrogens with one attached hydrogen (secondary N) is 1. The van der Waals surface area contributed by atoms with E-state index in [0.717, 1.165) is 25.2 Å². The lowest BCUT2D eigenvalue weighted by molar-refractivity contribution is 0.238. The largest absolute Gasteiger partial charge is 0.394 e. The maximum atomic E-state index is 9.52. The molecule has 0 bridgehead atoms. The van der Waals surface area contributed by atoms with Crippen molar-refractivity contribution in [3.05, 3.63) is 40.6 Å². The molecule has 98 valence electrons. The lowest BCUT2D eigenvalue weighted by Gasteiger charge is -2.17. The molecule has 0 amide bonds. The summed E-state index contributed by atoms with van der Waals surface area (Å²) in [4.78, 5) is 5.44. The molecule has 2 aromatic heterocycles. The third-order valence-electron chi connectivity index (χ3n) is 2.85. The molecule has 0 aliphatic rings. The van der Waals surface area contributed by atoms with E-state index in [1.807, 2.05) is 18.6 Å². The number of hydrogen-bond acceptors (Lipinski definition) is 4. The Labute approximate surface area is 111 Å². The summed E-state index contributed by atoms with van der Waals surface area (Å²) in [6.45, 7) is 3.93. The zero-order chi connectivity index (χ0) is 12.8. The first kappa shape index (κ1) is 13.3. The second kappa shape index (κ2) is 6.68. The van der Waals surface area contributed by atoms with E-state index < -0.39 is 0 Å². The molecular weight excluding hydrogens is 246 g/mol. The highest BCUT2D eigenvalue weighted by Crippen LogP contribution is 2.15. The van der Waals surface area contributed by atoms with Gasteiger partial charge in [0.2, 0.25) is 0 Å². The van der Waals surface area contributed by atoms with Crippen molar-refractivity contribution in [1.82, 2.24) is 14.9 Å². The molecule has 4 nitrogen and oxygen atoms in total. The third kappa shape index (κ3) is 3.19. The molecule has 0 spiro atoms. The third-order valence-corrected chi connectivity index (χ3v) is 3.73. The van der Waals surface area contributed by atoms with E-state index in [9.17, 15) is 5.11 Å².